The molecule has 0 aromatic heterocycles. The highest BCUT2D eigenvalue weighted by atomic mass is 32.2. The molecule has 0 spiro atoms. The maximum Gasteiger partial charge on any atom is 0.263 e. The van der Waals surface area contributed by atoms with Gasteiger partial charge in [-0.25, -0.2) is 8.78 Å². The number of hydrogen-bond donors (Lipinski definition) is 1. The highest BCUT2D eigenvalue weighted by Gasteiger charge is 2.07. The highest BCUT2D eigenvalue weighted by Crippen LogP contribution is 2.27. The maximum absolute atomic E-state index is 12.7. The van der Waals surface area contributed by atoms with Gasteiger partial charge in [-0.15, -0.1) is 11.8 Å². The van der Waals surface area contributed by atoms with Gasteiger partial charge in [-0.1, -0.05) is 37.3 Å². The van der Waals surface area contributed by atoms with Crippen LogP contribution in [-0.4, -0.2) is 5.75 Å². The highest BCUT2D eigenvalue weighted by molar-refractivity contribution is 7.99. The first-order valence-electron chi connectivity index (χ1n) is 6.53. The standard InChI is InChI=1S/C16H17F2NS/c1-2-20-15-9-4-3-8-14(15)19-11-12-6-5-7-13(10-12)16(17)18/h3-10,16,19H,2,11H2,1H3. The van der Waals surface area contributed by atoms with E-state index in [-0.39, 0.29) is 5.56 Å². The van der Waals surface area contributed by atoms with Crippen LogP contribution in [0.1, 0.15) is 24.5 Å². The number of halogens is 2. The van der Waals surface area contributed by atoms with E-state index in [0.29, 0.717) is 6.54 Å². The predicted octanol–water partition coefficient (Wildman–Crippen LogP) is 5.35. The summed E-state index contributed by atoms with van der Waals surface area (Å²) >= 11 is 1.76. The Morgan fingerprint density at radius 2 is 1.90 bits per heavy atom. The van der Waals surface area contributed by atoms with E-state index in [1.807, 2.05) is 24.3 Å². The van der Waals surface area contributed by atoms with Crippen molar-refractivity contribution >= 4 is 17.4 Å². The van der Waals surface area contributed by atoms with Crippen LogP contribution in [0.4, 0.5) is 14.5 Å². The fourth-order valence-electron chi connectivity index (χ4n) is 1.93. The largest absolute Gasteiger partial charge is 0.380 e. The van der Waals surface area contributed by atoms with Crippen LogP contribution < -0.4 is 5.32 Å². The van der Waals surface area contributed by atoms with Crippen molar-refractivity contribution in [2.75, 3.05) is 11.1 Å². The number of benzene rings is 2. The lowest BCUT2D eigenvalue weighted by Gasteiger charge is -2.11. The molecule has 1 nitrogen and oxygen atoms in total. The summed E-state index contributed by atoms with van der Waals surface area (Å²) in [5.74, 6) is 1.000. The van der Waals surface area contributed by atoms with Gasteiger partial charge in [0, 0.05) is 22.7 Å². The Hall–Kier alpha value is -1.55. The van der Waals surface area contributed by atoms with E-state index < -0.39 is 6.43 Å². The van der Waals surface area contributed by atoms with Gasteiger partial charge in [0.15, 0.2) is 0 Å². The molecular weight excluding hydrogens is 276 g/mol. The Bertz CT molecular complexity index is 558. The summed E-state index contributed by atoms with van der Waals surface area (Å²) in [6, 6.07) is 14.6. The van der Waals surface area contributed by atoms with Gasteiger partial charge in [0.05, 0.1) is 0 Å². The van der Waals surface area contributed by atoms with E-state index in [0.717, 1.165) is 17.0 Å². The maximum atomic E-state index is 12.7. The first-order valence-corrected chi connectivity index (χ1v) is 7.52. The van der Waals surface area contributed by atoms with Crippen molar-refractivity contribution in [1.29, 1.82) is 0 Å². The van der Waals surface area contributed by atoms with Gasteiger partial charge in [0.1, 0.15) is 0 Å². The minimum atomic E-state index is -2.42. The van der Waals surface area contributed by atoms with Crippen LogP contribution in [-0.2, 0) is 6.54 Å². The molecule has 20 heavy (non-hydrogen) atoms. The van der Waals surface area contributed by atoms with Crippen LogP contribution in [0, 0.1) is 0 Å². The van der Waals surface area contributed by atoms with Gasteiger partial charge in [0.2, 0.25) is 0 Å². The number of hydrogen-bond acceptors (Lipinski definition) is 2. The lowest BCUT2D eigenvalue weighted by molar-refractivity contribution is 0.151. The molecule has 2 aromatic carbocycles. The zero-order valence-electron chi connectivity index (χ0n) is 11.3. The van der Waals surface area contributed by atoms with Crippen molar-refractivity contribution in [2.24, 2.45) is 0 Å². The van der Waals surface area contributed by atoms with Gasteiger partial charge < -0.3 is 5.32 Å². The Balaban J connectivity index is 2.07. The van der Waals surface area contributed by atoms with E-state index in [4.69, 9.17) is 0 Å². The third-order valence-electron chi connectivity index (χ3n) is 2.87. The molecule has 0 radical (unpaired) electrons. The predicted molar refractivity (Wildman–Crippen MR) is 81.6 cm³/mol. The van der Waals surface area contributed by atoms with Crippen LogP contribution in [0.25, 0.3) is 0 Å². The molecule has 0 saturated carbocycles. The number of thioether (sulfide) groups is 1. The van der Waals surface area contributed by atoms with Crippen LogP contribution in [0.15, 0.2) is 53.4 Å². The monoisotopic (exact) mass is 293 g/mol. The summed E-state index contributed by atoms with van der Waals surface area (Å²) in [5, 5.41) is 3.31. The minimum Gasteiger partial charge on any atom is -0.380 e. The van der Waals surface area contributed by atoms with Gasteiger partial charge in [-0.2, -0.15) is 0 Å². The molecule has 4 heteroatoms. The van der Waals surface area contributed by atoms with Crippen LogP contribution in [0.3, 0.4) is 0 Å². The minimum absolute atomic E-state index is 0.0699. The number of para-hydroxylation sites is 1. The molecule has 0 saturated heterocycles. The number of alkyl halides is 2. The number of anilines is 1. The quantitative estimate of drug-likeness (QED) is 0.721. The van der Waals surface area contributed by atoms with Crippen molar-refractivity contribution in [1.82, 2.24) is 0 Å². The zero-order chi connectivity index (χ0) is 14.4. The summed E-state index contributed by atoms with van der Waals surface area (Å²) in [6.07, 6.45) is -2.42. The number of rotatable bonds is 6. The fraction of sp³-hybridized carbons (Fsp3) is 0.250. The second-order valence-corrected chi connectivity index (χ2v) is 5.63. The van der Waals surface area contributed by atoms with Crippen LogP contribution >= 0.6 is 11.8 Å². The molecule has 2 rings (SSSR count). The molecule has 0 amide bonds. The van der Waals surface area contributed by atoms with E-state index in [9.17, 15) is 8.78 Å². The third kappa shape index (κ3) is 3.97. The Kier molecular flexibility index (Phi) is 5.41. The molecule has 0 unspecified atom stereocenters. The Morgan fingerprint density at radius 3 is 2.65 bits per heavy atom. The molecule has 2 aromatic rings. The van der Waals surface area contributed by atoms with Crippen molar-refractivity contribution in [3.05, 3.63) is 59.7 Å². The SMILES string of the molecule is CCSc1ccccc1NCc1cccc(C(F)F)c1. The second-order valence-electron chi connectivity index (χ2n) is 4.33. The molecule has 0 bridgehead atoms. The second kappa shape index (κ2) is 7.29. The molecule has 1 N–H and O–H groups in total. The summed E-state index contributed by atoms with van der Waals surface area (Å²) in [5.41, 5.74) is 1.97. The molecule has 0 atom stereocenters. The summed E-state index contributed by atoms with van der Waals surface area (Å²) in [7, 11) is 0. The van der Waals surface area contributed by atoms with Gasteiger partial charge in [-0.3, -0.25) is 0 Å². The smallest absolute Gasteiger partial charge is 0.263 e. The van der Waals surface area contributed by atoms with Crippen molar-refractivity contribution < 1.29 is 8.78 Å². The van der Waals surface area contributed by atoms with Crippen molar-refractivity contribution in [2.45, 2.75) is 24.8 Å². The van der Waals surface area contributed by atoms with Crippen LogP contribution in [0.5, 0.6) is 0 Å². The molecule has 106 valence electrons. The average Bonchev–Trinajstić information content (AvgIpc) is 2.47. The Morgan fingerprint density at radius 1 is 1.10 bits per heavy atom. The van der Waals surface area contributed by atoms with E-state index in [1.165, 1.54) is 11.0 Å². The molecule has 0 aliphatic carbocycles. The van der Waals surface area contributed by atoms with Gasteiger partial charge in [0.25, 0.3) is 6.43 Å². The molecular formula is C16H17F2NS. The molecule has 0 fully saturated rings. The zero-order valence-corrected chi connectivity index (χ0v) is 12.1. The van der Waals surface area contributed by atoms with E-state index >= 15 is 0 Å². The number of nitrogens with one attached hydrogen (secondary N) is 1. The molecule has 0 aliphatic rings. The topological polar surface area (TPSA) is 12.0 Å². The van der Waals surface area contributed by atoms with Gasteiger partial charge >= 0.3 is 0 Å². The van der Waals surface area contributed by atoms with Gasteiger partial charge in [-0.05, 0) is 29.5 Å². The normalized spacial score (nSPS) is 10.8. The fourth-order valence-corrected chi connectivity index (χ4v) is 2.71. The average molecular weight is 293 g/mol. The Labute approximate surface area is 122 Å². The van der Waals surface area contributed by atoms with E-state index in [1.54, 1.807) is 23.9 Å². The summed E-state index contributed by atoms with van der Waals surface area (Å²) in [6.45, 7) is 2.65. The lowest BCUT2D eigenvalue weighted by Crippen LogP contribution is -2.01. The third-order valence-corrected chi connectivity index (χ3v) is 3.83. The van der Waals surface area contributed by atoms with Crippen molar-refractivity contribution in [3.63, 3.8) is 0 Å². The molecule has 0 heterocycles. The molecule has 0 aliphatic heterocycles. The first-order chi connectivity index (χ1) is 9.70. The van der Waals surface area contributed by atoms with Crippen LogP contribution in [0.2, 0.25) is 0 Å². The summed E-state index contributed by atoms with van der Waals surface area (Å²) < 4.78 is 25.3. The van der Waals surface area contributed by atoms with Crippen molar-refractivity contribution in [3.8, 4) is 0 Å². The first kappa shape index (κ1) is 14.9. The lowest BCUT2D eigenvalue weighted by atomic mass is 10.1. The van der Waals surface area contributed by atoms with E-state index in [2.05, 4.69) is 18.3 Å². The summed E-state index contributed by atoms with van der Waals surface area (Å²) in [4.78, 5) is 1.18.